The number of aryl methyl sites for hydroxylation is 1. The highest BCUT2D eigenvalue weighted by atomic mass is 35.5. The number of pyridine rings is 1. The second-order valence-corrected chi connectivity index (χ2v) is 5.81. The SMILES string of the molecule is OCc1cnc(N2CCCc3ccc(C(F)(F)F)cc32)c(Cl)c1. The Kier molecular flexibility index (Phi) is 4.21. The van der Waals surface area contributed by atoms with E-state index < -0.39 is 11.7 Å². The minimum absolute atomic E-state index is 0.193. The topological polar surface area (TPSA) is 36.4 Å². The van der Waals surface area contributed by atoms with E-state index in [4.69, 9.17) is 16.7 Å². The van der Waals surface area contributed by atoms with E-state index in [2.05, 4.69) is 4.98 Å². The first-order valence-corrected chi connectivity index (χ1v) is 7.51. The first kappa shape index (κ1) is 16.1. The Labute approximate surface area is 136 Å². The lowest BCUT2D eigenvalue weighted by Crippen LogP contribution is -2.26. The van der Waals surface area contributed by atoms with Crippen molar-refractivity contribution in [1.29, 1.82) is 0 Å². The van der Waals surface area contributed by atoms with Gasteiger partial charge in [-0.1, -0.05) is 17.7 Å². The van der Waals surface area contributed by atoms with Gasteiger partial charge in [-0.2, -0.15) is 13.2 Å². The van der Waals surface area contributed by atoms with Crippen LogP contribution in [0.25, 0.3) is 0 Å². The van der Waals surface area contributed by atoms with Crippen LogP contribution in [0.5, 0.6) is 0 Å². The molecule has 1 N–H and O–H groups in total. The van der Waals surface area contributed by atoms with E-state index in [0.717, 1.165) is 30.5 Å². The van der Waals surface area contributed by atoms with Gasteiger partial charge in [0.05, 0.1) is 17.2 Å². The van der Waals surface area contributed by atoms with Gasteiger partial charge in [0.1, 0.15) is 0 Å². The molecule has 0 spiro atoms. The molecule has 3 nitrogen and oxygen atoms in total. The number of fused-ring (bicyclic) bond motifs is 1. The molecule has 0 aliphatic carbocycles. The van der Waals surface area contributed by atoms with Crippen molar-refractivity contribution in [3.05, 3.63) is 52.2 Å². The summed E-state index contributed by atoms with van der Waals surface area (Å²) in [7, 11) is 0. The van der Waals surface area contributed by atoms with Gasteiger partial charge in [0.2, 0.25) is 0 Å². The fourth-order valence-electron chi connectivity index (χ4n) is 2.73. The zero-order valence-electron chi connectivity index (χ0n) is 12.1. The van der Waals surface area contributed by atoms with E-state index in [-0.39, 0.29) is 6.61 Å². The molecule has 122 valence electrons. The van der Waals surface area contributed by atoms with E-state index in [1.54, 1.807) is 11.0 Å². The molecule has 0 bridgehead atoms. The average Bonchev–Trinajstić information content (AvgIpc) is 2.53. The number of alkyl halides is 3. The van der Waals surface area contributed by atoms with Crippen LogP contribution in [0.2, 0.25) is 5.02 Å². The van der Waals surface area contributed by atoms with Crippen molar-refractivity contribution in [2.45, 2.75) is 25.6 Å². The van der Waals surface area contributed by atoms with Crippen molar-refractivity contribution in [3.63, 3.8) is 0 Å². The summed E-state index contributed by atoms with van der Waals surface area (Å²) in [6, 6.07) is 5.34. The molecule has 7 heteroatoms. The van der Waals surface area contributed by atoms with Gasteiger partial charge < -0.3 is 10.0 Å². The van der Waals surface area contributed by atoms with Gasteiger partial charge >= 0.3 is 6.18 Å². The van der Waals surface area contributed by atoms with Crippen molar-refractivity contribution in [2.24, 2.45) is 0 Å². The Morgan fingerprint density at radius 3 is 2.70 bits per heavy atom. The second-order valence-electron chi connectivity index (χ2n) is 5.40. The summed E-state index contributed by atoms with van der Waals surface area (Å²) < 4.78 is 38.9. The van der Waals surface area contributed by atoms with Crippen molar-refractivity contribution < 1.29 is 18.3 Å². The molecule has 0 radical (unpaired) electrons. The maximum atomic E-state index is 13.0. The molecule has 0 atom stereocenters. The van der Waals surface area contributed by atoms with Crippen LogP contribution in [0.15, 0.2) is 30.5 Å². The van der Waals surface area contributed by atoms with Gasteiger partial charge in [-0.25, -0.2) is 4.98 Å². The number of aliphatic hydroxyl groups is 1. The van der Waals surface area contributed by atoms with Gasteiger partial charge in [0.15, 0.2) is 5.82 Å². The molecule has 1 aromatic carbocycles. The number of nitrogens with zero attached hydrogens (tertiary/aromatic N) is 2. The van der Waals surface area contributed by atoms with Gasteiger partial charge in [-0.3, -0.25) is 0 Å². The summed E-state index contributed by atoms with van der Waals surface area (Å²) in [5, 5.41) is 9.42. The predicted molar refractivity (Wildman–Crippen MR) is 81.9 cm³/mol. The lowest BCUT2D eigenvalue weighted by atomic mass is 9.99. The molecule has 0 saturated heterocycles. The van der Waals surface area contributed by atoms with Crippen molar-refractivity contribution >= 4 is 23.1 Å². The molecule has 0 fully saturated rings. The molecule has 1 aliphatic rings. The number of benzene rings is 1. The Balaban J connectivity index is 2.07. The highest BCUT2D eigenvalue weighted by Gasteiger charge is 2.32. The highest BCUT2D eigenvalue weighted by molar-refractivity contribution is 6.33. The van der Waals surface area contributed by atoms with Crippen LogP contribution >= 0.6 is 11.6 Å². The maximum Gasteiger partial charge on any atom is 0.416 e. The van der Waals surface area contributed by atoms with Crippen molar-refractivity contribution in [3.8, 4) is 0 Å². The summed E-state index contributed by atoms with van der Waals surface area (Å²) in [4.78, 5) is 5.92. The summed E-state index contributed by atoms with van der Waals surface area (Å²) in [5.74, 6) is 0.407. The summed E-state index contributed by atoms with van der Waals surface area (Å²) >= 11 is 6.20. The summed E-state index contributed by atoms with van der Waals surface area (Å²) in [5.41, 5.74) is 1.19. The molecule has 0 saturated carbocycles. The minimum atomic E-state index is -4.39. The van der Waals surface area contributed by atoms with Gasteiger partial charge in [-0.15, -0.1) is 0 Å². The zero-order chi connectivity index (χ0) is 16.6. The third kappa shape index (κ3) is 3.14. The molecule has 0 amide bonds. The third-order valence-corrected chi connectivity index (χ3v) is 4.13. The first-order valence-electron chi connectivity index (χ1n) is 7.13. The number of anilines is 2. The number of hydrogen-bond donors (Lipinski definition) is 1. The van der Waals surface area contributed by atoms with E-state index in [1.165, 1.54) is 12.3 Å². The standard InChI is InChI=1S/C16H14ClF3N2O/c17-13-6-10(9-23)8-21-15(13)22-5-1-2-11-3-4-12(7-14(11)22)16(18,19)20/h3-4,6-8,23H,1-2,5,9H2. The maximum absolute atomic E-state index is 13.0. The molecule has 2 aromatic rings. The number of aliphatic hydroxyl groups excluding tert-OH is 1. The molecular weight excluding hydrogens is 329 g/mol. The molecule has 1 aliphatic heterocycles. The predicted octanol–water partition coefficient (Wildman–Crippen LogP) is 4.33. The molecular formula is C16H14ClF3N2O. The van der Waals surface area contributed by atoms with E-state index in [9.17, 15) is 13.2 Å². The quantitative estimate of drug-likeness (QED) is 0.882. The van der Waals surface area contributed by atoms with Crippen molar-refractivity contribution in [2.75, 3.05) is 11.4 Å². The van der Waals surface area contributed by atoms with E-state index in [0.29, 0.717) is 28.6 Å². The first-order chi connectivity index (χ1) is 10.9. The zero-order valence-corrected chi connectivity index (χ0v) is 12.8. The molecule has 0 unspecified atom stereocenters. The van der Waals surface area contributed by atoms with Crippen LogP contribution in [0, 0.1) is 0 Å². The van der Waals surface area contributed by atoms with Crippen LogP contribution in [0.1, 0.15) is 23.1 Å². The van der Waals surface area contributed by atoms with Crippen molar-refractivity contribution in [1.82, 2.24) is 4.98 Å². The fourth-order valence-corrected chi connectivity index (χ4v) is 3.02. The minimum Gasteiger partial charge on any atom is -0.392 e. The molecule has 1 aromatic heterocycles. The normalized spacial score (nSPS) is 14.7. The Bertz CT molecular complexity index is 734. The van der Waals surface area contributed by atoms with Gasteiger partial charge in [0.25, 0.3) is 0 Å². The largest absolute Gasteiger partial charge is 0.416 e. The molecule has 3 rings (SSSR count). The Morgan fingerprint density at radius 2 is 2.04 bits per heavy atom. The number of hydrogen-bond acceptors (Lipinski definition) is 3. The Morgan fingerprint density at radius 1 is 1.26 bits per heavy atom. The third-order valence-electron chi connectivity index (χ3n) is 3.85. The van der Waals surface area contributed by atoms with E-state index >= 15 is 0 Å². The van der Waals surface area contributed by atoms with Crippen LogP contribution in [-0.4, -0.2) is 16.6 Å². The van der Waals surface area contributed by atoms with Crippen LogP contribution in [0.4, 0.5) is 24.7 Å². The van der Waals surface area contributed by atoms with Gasteiger partial charge in [-0.05, 0) is 42.2 Å². The number of halogens is 4. The summed E-state index contributed by atoms with van der Waals surface area (Å²) in [6.07, 6.45) is -1.40. The van der Waals surface area contributed by atoms with Crippen LogP contribution in [-0.2, 0) is 19.2 Å². The van der Waals surface area contributed by atoms with E-state index in [1.807, 2.05) is 0 Å². The number of aromatic nitrogens is 1. The number of rotatable bonds is 2. The highest BCUT2D eigenvalue weighted by Crippen LogP contribution is 2.39. The van der Waals surface area contributed by atoms with Crippen LogP contribution < -0.4 is 4.90 Å². The smallest absolute Gasteiger partial charge is 0.392 e. The van der Waals surface area contributed by atoms with Crippen LogP contribution in [0.3, 0.4) is 0 Å². The fraction of sp³-hybridized carbons (Fsp3) is 0.312. The lowest BCUT2D eigenvalue weighted by Gasteiger charge is -2.31. The molecule has 2 heterocycles. The average molecular weight is 343 g/mol. The monoisotopic (exact) mass is 342 g/mol. The van der Waals surface area contributed by atoms with Gasteiger partial charge in [0, 0.05) is 18.4 Å². The molecule has 23 heavy (non-hydrogen) atoms. The lowest BCUT2D eigenvalue weighted by molar-refractivity contribution is -0.137. The summed E-state index contributed by atoms with van der Waals surface area (Å²) in [6.45, 7) is 0.349. The Hall–Kier alpha value is -1.79. The second kappa shape index (κ2) is 6.02.